The number of likely N-dealkylation sites (N-methyl/N-ethyl adjacent to an activating group) is 1. The van der Waals surface area contributed by atoms with Crippen molar-refractivity contribution in [2.45, 2.75) is 33.9 Å². The molecule has 12 heavy (non-hydrogen) atoms. The summed E-state index contributed by atoms with van der Waals surface area (Å²) in [6.07, 6.45) is 0.629. The normalized spacial score (nSPS) is 28.2. The van der Waals surface area contributed by atoms with Gasteiger partial charge in [0, 0.05) is 19.6 Å². The van der Waals surface area contributed by atoms with E-state index >= 15 is 0 Å². The van der Waals surface area contributed by atoms with Gasteiger partial charge in [0.25, 0.3) is 0 Å². The van der Waals surface area contributed by atoms with Crippen LogP contribution in [0.25, 0.3) is 0 Å². The lowest BCUT2D eigenvalue weighted by atomic mass is 9.96. The molecule has 0 N–H and O–H groups in total. The molecule has 1 heterocycles. The number of rotatable bonds is 1. The molecule has 1 rings (SSSR count). The van der Waals surface area contributed by atoms with E-state index < -0.39 is 0 Å². The van der Waals surface area contributed by atoms with E-state index in [1.807, 2.05) is 0 Å². The highest BCUT2D eigenvalue weighted by atomic mass is 15.4. The first-order valence-electron chi connectivity index (χ1n) is 4.84. The molecular weight excluding hydrogens is 148 g/mol. The predicted molar refractivity (Wildman–Crippen MR) is 53.1 cm³/mol. The van der Waals surface area contributed by atoms with Crippen molar-refractivity contribution in [3.8, 4) is 0 Å². The first kappa shape index (κ1) is 10.0. The maximum Gasteiger partial charge on any atom is 0.0591 e. The standard InChI is InChI=1S/C10H22N2/c1-9-11(5)6-7-12(9)8-10(2,3)4/h9H,6-8H2,1-5H3. The molecule has 0 saturated carbocycles. The third-order valence-corrected chi connectivity index (χ3v) is 2.58. The number of hydrogen-bond acceptors (Lipinski definition) is 2. The van der Waals surface area contributed by atoms with Crippen molar-refractivity contribution < 1.29 is 0 Å². The zero-order valence-corrected chi connectivity index (χ0v) is 9.09. The van der Waals surface area contributed by atoms with Gasteiger partial charge in [-0.25, -0.2) is 0 Å². The highest BCUT2D eigenvalue weighted by Crippen LogP contribution is 2.20. The third-order valence-electron chi connectivity index (χ3n) is 2.58. The summed E-state index contributed by atoms with van der Waals surface area (Å²) in [7, 11) is 2.20. The van der Waals surface area contributed by atoms with Crippen LogP contribution in [-0.4, -0.2) is 42.6 Å². The average Bonchev–Trinajstić information content (AvgIpc) is 2.16. The average molecular weight is 170 g/mol. The van der Waals surface area contributed by atoms with Gasteiger partial charge in [0.2, 0.25) is 0 Å². The molecule has 1 fully saturated rings. The van der Waals surface area contributed by atoms with Crippen LogP contribution in [0.5, 0.6) is 0 Å². The van der Waals surface area contributed by atoms with E-state index in [0.29, 0.717) is 11.6 Å². The van der Waals surface area contributed by atoms with Crippen LogP contribution < -0.4 is 0 Å². The van der Waals surface area contributed by atoms with E-state index in [1.54, 1.807) is 0 Å². The second-order valence-corrected chi connectivity index (χ2v) is 5.14. The fraction of sp³-hybridized carbons (Fsp3) is 1.00. The van der Waals surface area contributed by atoms with Crippen molar-refractivity contribution in [1.29, 1.82) is 0 Å². The topological polar surface area (TPSA) is 6.48 Å². The van der Waals surface area contributed by atoms with Gasteiger partial charge in [-0.15, -0.1) is 0 Å². The fourth-order valence-corrected chi connectivity index (χ4v) is 1.76. The quantitative estimate of drug-likeness (QED) is 0.590. The Morgan fingerprint density at radius 3 is 2.17 bits per heavy atom. The van der Waals surface area contributed by atoms with Crippen LogP contribution >= 0.6 is 0 Å². The second kappa shape index (κ2) is 3.35. The number of nitrogens with zero attached hydrogens (tertiary/aromatic N) is 2. The van der Waals surface area contributed by atoms with Crippen molar-refractivity contribution in [1.82, 2.24) is 9.80 Å². The van der Waals surface area contributed by atoms with Crippen LogP contribution in [-0.2, 0) is 0 Å². The zero-order valence-electron chi connectivity index (χ0n) is 9.09. The van der Waals surface area contributed by atoms with Gasteiger partial charge < -0.3 is 0 Å². The van der Waals surface area contributed by atoms with Gasteiger partial charge in [-0.05, 0) is 19.4 Å². The molecule has 1 aliphatic heterocycles. The van der Waals surface area contributed by atoms with Gasteiger partial charge in [-0.2, -0.15) is 0 Å². The maximum absolute atomic E-state index is 2.56. The molecule has 2 nitrogen and oxygen atoms in total. The van der Waals surface area contributed by atoms with Gasteiger partial charge in [-0.3, -0.25) is 9.80 Å². The Hall–Kier alpha value is -0.0800. The molecule has 72 valence electrons. The van der Waals surface area contributed by atoms with Gasteiger partial charge in [0.1, 0.15) is 0 Å². The lowest BCUT2D eigenvalue weighted by Gasteiger charge is -2.30. The second-order valence-electron chi connectivity index (χ2n) is 5.14. The summed E-state index contributed by atoms with van der Waals surface area (Å²) < 4.78 is 0. The minimum absolute atomic E-state index is 0.430. The highest BCUT2D eigenvalue weighted by molar-refractivity contribution is 4.79. The lowest BCUT2D eigenvalue weighted by molar-refractivity contribution is 0.133. The summed E-state index contributed by atoms with van der Waals surface area (Å²) in [5, 5.41) is 0. The molecule has 0 radical (unpaired) electrons. The lowest BCUT2D eigenvalue weighted by Crippen LogP contribution is -2.38. The predicted octanol–water partition coefficient (Wildman–Crippen LogP) is 1.63. The van der Waals surface area contributed by atoms with E-state index in [2.05, 4.69) is 44.5 Å². The Kier molecular flexibility index (Phi) is 2.79. The molecule has 0 spiro atoms. The summed E-state index contributed by atoms with van der Waals surface area (Å²) >= 11 is 0. The molecule has 0 aliphatic carbocycles. The minimum atomic E-state index is 0.430. The monoisotopic (exact) mass is 170 g/mol. The molecule has 1 saturated heterocycles. The van der Waals surface area contributed by atoms with Crippen LogP contribution in [0.4, 0.5) is 0 Å². The molecule has 0 amide bonds. The van der Waals surface area contributed by atoms with E-state index in [0.717, 1.165) is 0 Å². The molecular formula is C10H22N2. The SMILES string of the molecule is CC1N(C)CCN1CC(C)(C)C. The molecule has 0 aromatic heterocycles. The largest absolute Gasteiger partial charge is 0.290 e. The Morgan fingerprint density at radius 2 is 1.83 bits per heavy atom. The Balaban J connectivity index is 2.44. The van der Waals surface area contributed by atoms with Gasteiger partial charge in [-0.1, -0.05) is 20.8 Å². The molecule has 1 unspecified atom stereocenters. The first-order valence-corrected chi connectivity index (χ1v) is 4.84. The van der Waals surface area contributed by atoms with Crippen LogP contribution in [0.2, 0.25) is 0 Å². The van der Waals surface area contributed by atoms with Gasteiger partial charge in [0.15, 0.2) is 0 Å². The Labute approximate surface area is 76.5 Å². The van der Waals surface area contributed by atoms with Crippen molar-refractivity contribution in [2.24, 2.45) is 5.41 Å². The molecule has 1 atom stereocenters. The summed E-state index contributed by atoms with van der Waals surface area (Å²) in [4.78, 5) is 4.96. The summed E-state index contributed by atoms with van der Waals surface area (Å²) in [5.41, 5.74) is 0.430. The fourth-order valence-electron chi connectivity index (χ4n) is 1.76. The minimum Gasteiger partial charge on any atom is -0.290 e. The van der Waals surface area contributed by atoms with Crippen LogP contribution in [0, 0.1) is 5.41 Å². The molecule has 0 aromatic rings. The van der Waals surface area contributed by atoms with Crippen LogP contribution in [0.15, 0.2) is 0 Å². The van der Waals surface area contributed by atoms with Crippen molar-refractivity contribution in [3.05, 3.63) is 0 Å². The van der Waals surface area contributed by atoms with Gasteiger partial charge in [0.05, 0.1) is 6.17 Å². The molecule has 0 aromatic carbocycles. The maximum atomic E-state index is 2.56. The smallest absolute Gasteiger partial charge is 0.0591 e. The zero-order chi connectivity index (χ0) is 9.35. The third kappa shape index (κ3) is 2.46. The van der Waals surface area contributed by atoms with Crippen LogP contribution in [0.3, 0.4) is 0 Å². The Morgan fingerprint density at radius 1 is 1.25 bits per heavy atom. The van der Waals surface area contributed by atoms with E-state index in [1.165, 1.54) is 19.6 Å². The number of hydrogen-bond donors (Lipinski definition) is 0. The van der Waals surface area contributed by atoms with Crippen LogP contribution in [0.1, 0.15) is 27.7 Å². The van der Waals surface area contributed by atoms with Crippen molar-refractivity contribution in [3.63, 3.8) is 0 Å². The van der Waals surface area contributed by atoms with E-state index in [4.69, 9.17) is 0 Å². The van der Waals surface area contributed by atoms with E-state index in [9.17, 15) is 0 Å². The summed E-state index contributed by atoms with van der Waals surface area (Å²) in [6, 6.07) is 0. The first-order chi connectivity index (χ1) is 5.40. The Bertz CT molecular complexity index is 148. The summed E-state index contributed by atoms with van der Waals surface area (Å²) in [6.45, 7) is 12.9. The molecule has 0 bridgehead atoms. The van der Waals surface area contributed by atoms with Crippen molar-refractivity contribution in [2.75, 3.05) is 26.7 Å². The van der Waals surface area contributed by atoms with E-state index in [-0.39, 0.29) is 0 Å². The molecule has 1 aliphatic rings. The molecule has 2 heteroatoms. The van der Waals surface area contributed by atoms with Gasteiger partial charge >= 0.3 is 0 Å². The van der Waals surface area contributed by atoms with Crippen molar-refractivity contribution >= 4 is 0 Å². The summed E-state index contributed by atoms with van der Waals surface area (Å²) in [5.74, 6) is 0. The highest BCUT2D eigenvalue weighted by Gasteiger charge is 2.28.